The molecule has 0 bridgehead atoms. The summed E-state index contributed by atoms with van der Waals surface area (Å²) in [7, 11) is 3.38. The van der Waals surface area contributed by atoms with E-state index in [-0.39, 0.29) is 12.3 Å². The van der Waals surface area contributed by atoms with Gasteiger partial charge >= 0.3 is 0 Å². The van der Waals surface area contributed by atoms with Gasteiger partial charge in [-0.05, 0) is 23.3 Å². The van der Waals surface area contributed by atoms with Crippen molar-refractivity contribution in [1.29, 1.82) is 0 Å². The van der Waals surface area contributed by atoms with Gasteiger partial charge in [-0.2, -0.15) is 8.75 Å². The fraction of sp³-hybridized carbons (Fsp3) is 0.286. The number of hydrogen-bond acceptors (Lipinski definition) is 8. The Morgan fingerprint density at radius 3 is 2.73 bits per heavy atom. The van der Waals surface area contributed by atoms with Gasteiger partial charge in [0.1, 0.15) is 11.0 Å². The van der Waals surface area contributed by atoms with E-state index in [0.29, 0.717) is 24.7 Å². The molecule has 0 spiro atoms. The van der Waals surface area contributed by atoms with Gasteiger partial charge < -0.3 is 14.1 Å². The average molecular weight is 423 g/mol. The summed E-state index contributed by atoms with van der Waals surface area (Å²) in [6, 6.07) is 15.5. The quantitative estimate of drug-likeness (QED) is 0.429. The van der Waals surface area contributed by atoms with Crippen molar-refractivity contribution in [2.45, 2.75) is 25.5 Å². The highest BCUT2D eigenvalue weighted by atomic mass is 32.1. The number of amides is 1. The molecular formula is C21H21N5O3S. The van der Waals surface area contributed by atoms with Gasteiger partial charge in [-0.25, -0.2) is 0 Å². The summed E-state index contributed by atoms with van der Waals surface area (Å²) in [5.41, 5.74) is 3.66. The van der Waals surface area contributed by atoms with Gasteiger partial charge in [0.2, 0.25) is 17.7 Å². The van der Waals surface area contributed by atoms with E-state index in [0.717, 1.165) is 22.2 Å². The van der Waals surface area contributed by atoms with Crippen LogP contribution in [0, 0.1) is 0 Å². The second-order valence-electron chi connectivity index (χ2n) is 6.90. The van der Waals surface area contributed by atoms with Crippen molar-refractivity contribution in [2.75, 3.05) is 14.2 Å². The van der Waals surface area contributed by atoms with Crippen LogP contribution in [-0.2, 0) is 22.5 Å². The summed E-state index contributed by atoms with van der Waals surface area (Å²) in [4.78, 5) is 14.2. The van der Waals surface area contributed by atoms with Crippen LogP contribution < -0.4 is 0 Å². The molecule has 4 aromatic rings. The lowest BCUT2D eigenvalue weighted by molar-refractivity contribution is -0.130. The summed E-state index contributed by atoms with van der Waals surface area (Å²) in [6.07, 6.45) is 0.221. The molecule has 0 aliphatic rings. The van der Waals surface area contributed by atoms with E-state index >= 15 is 0 Å². The number of ether oxygens (including phenoxy) is 1. The number of carbonyl (C=O) groups excluding carboxylic acids is 1. The maximum Gasteiger partial charge on any atom is 0.249 e. The molecule has 0 saturated carbocycles. The molecule has 0 aliphatic heterocycles. The topological polar surface area (TPSA) is 94.2 Å². The zero-order chi connectivity index (χ0) is 20.9. The second-order valence-corrected chi connectivity index (χ2v) is 7.43. The molecular weight excluding hydrogens is 402 g/mol. The van der Waals surface area contributed by atoms with Crippen LogP contribution in [0.4, 0.5) is 0 Å². The Morgan fingerprint density at radius 2 is 1.93 bits per heavy atom. The number of aryl methyl sites for hydroxylation is 1. The summed E-state index contributed by atoms with van der Waals surface area (Å²) >= 11 is 1.18. The third kappa shape index (κ3) is 4.52. The SMILES string of the molecule is COC(c1ccccc1)c1nnc(CCC(=O)N(C)Cc2ccc3nsnc3c2)o1. The first-order valence-corrected chi connectivity index (χ1v) is 10.2. The van der Waals surface area contributed by atoms with E-state index in [9.17, 15) is 4.79 Å². The molecule has 1 unspecified atom stereocenters. The van der Waals surface area contributed by atoms with Crippen LogP contribution in [0.2, 0.25) is 0 Å². The Morgan fingerprint density at radius 1 is 1.13 bits per heavy atom. The number of aromatic nitrogens is 4. The van der Waals surface area contributed by atoms with Crippen molar-refractivity contribution in [3.63, 3.8) is 0 Å². The third-order valence-electron chi connectivity index (χ3n) is 4.76. The van der Waals surface area contributed by atoms with E-state index in [4.69, 9.17) is 9.15 Å². The summed E-state index contributed by atoms with van der Waals surface area (Å²) in [5, 5.41) is 8.17. The van der Waals surface area contributed by atoms with Gasteiger partial charge in [-0.15, -0.1) is 10.2 Å². The molecule has 1 atom stereocenters. The van der Waals surface area contributed by atoms with Crippen LogP contribution in [0.1, 0.15) is 35.4 Å². The smallest absolute Gasteiger partial charge is 0.249 e. The van der Waals surface area contributed by atoms with Crippen molar-refractivity contribution < 1.29 is 13.9 Å². The molecule has 2 aromatic heterocycles. The van der Waals surface area contributed by atoms with Crippen molar-refractivity contribution in [2.24, 2.45) is 0 Å². The van der Waals surface area contributed by atoms with Gasteiger partial charge in [-0.3, -0.25) is 4.79 Å². The first-order valence-electron chi connectivity index (χ1n) is 9.49. The fourth-order valence-electron chi connectivity index (χ4n) is 3.17. The lowest BCUT2D eigenvalue weighted by atomic mass is 10.1. The highest BCUT2D eigenvalue weighted by Gasteiger charge is 2.21. The Kier molecular flexibility index (Phi) is 6.10. The number of hydrogen-bond donors (Lipinski definition) is 0. The zero-order valence-electron chi connectivity index (χ0n) is 16.7. The van der Waals surface area contributed by atoms with E-state index in [2.05, 4.69) is 18.9 Å². The first kappa shape index (κ1) is 20.1. The van der Waals surface area contributed by atoms with Crippen LogP contribution in [0.5, 0.6) is 0 Å². The molecule has 0 fully saturated rings. The Balaban J connectivity index is 1.34. The number of carbonyl (C=O) groups is 1. The molecule has 0 aliphatic carbocycles. The standard InChI is InChI=1S/C21H21N5O3S/c1-26(13-14-8-9-16-17(12-14)25-30-24-16)19(27)11-10-18-22-23-21(29-18)20(28-2)15-6-4-3-5-7-15/h3-9,12,20H,10-11,13H2,1-2H3. The van der Waals surface area contributed by atoms with Crippen LogP contribution in [0.15, 0.2) is 52.9 Å². The van der Waals surface area contributed by atoms with Gasteiger partial charge in [0.05, 0.1) is 11.7 Å². The van der Waals surface area contributed by atoms with E-state index in [1.54, 1.807) is 19.1 Å². The maximum atomic E-state index is 12.5. The molecule has 154 valence electrons. The van der Waals surface area contributed by atoms with Gasteiger partial charge in [-0.1, -0.05) is 36.4 Å². The highest BCUT2D eigenvalue weighted by Crippen LogP contribution is 2.24. The van der Waals surface area contributed by atoms with Crippen LogP contribution in [0.3, 0.4) is 0 Å². The summed E-state index contributed by atoms with van der Waals surface area (Å²) in [5.74, 6) is 0.793. The highest BCUT2D eigenvalue weighted by molar-refractivity contribution is 7.00. The van der Waals surface area contributed by atoms with E-state index < -0.39 is 6.10 Å². The molecule has 30 heavy (non-hydrogen) atoms. The number of fused-ring (bicyclic) bond motifs is 1. The fourth-order valence-corrected chi connectivity index (χ4v) is 3.69. The molecule has 8 nitrogen and oxygen atoms in total. The first-order chi connectivity index (χ1) is 14.6. The van der Waals surface area contributed by atoms with Gasteiger partial charge in [0.25, 0.3) is 0 Å². The molecule has 4 rings (SSSR count). The van der Waals surface area contributed by atoms with Crippen molar-refractivity contribution in [3.05, 3.63) is 71.4 Å². The van der Waals surface area contributed by atoms with E-state index in [1.807, 2.05) is 48.5 Å². The van der Waals surface area contributed by atoms with E-state index in [1.165, 1.54) is 11.7 Å². The lowest BCUT2D eigenvalue weighted by Crippen LogP contribution is -2.26. The Bertz CT molecular complexity index is 1130. The number of benzene rings is 2. The van der Waals surface area contributed by atoms with Crippen molar-refractivity contribution in [1.82, 2.24) is 23.8 Å². The number of nitrogens with zero attached hydrogens (tertiary/aromatic N) is 5. The molecule has 9 heteroatoms. The second kappa shape index (κ2) is 9.10. The summed E-state index contributed by atoms with van der Waals surface area (Å²) < 4.78 is 19.7. The number of methoxy groups -OCH3 is 1. The van der Waals surface area contributed by atoms with Crippen LogP contribution in [-0.4, -0.2) is 43.9 Å². The molecule has 0 saturated heterocycles. The van der Waals surface area contributed by atoms with Crippen LogP contribution >= 0.6 is 11.7 Å². The molecule has 2 heterocycles. The minimum Gasteiger partial charge on any atom is -0.422 e. The average Bonchev–Trinajstić information content (AvgIpc) is 3.42. The molecule has 0 radical (unpaired) electrons. The zero-order valence-corrected chi connectivity index (χ0v) is 17.5. The lowest BCUT2D eigenvalue weighted by Gasteiger charge is -2.16. The minimum absolute atomic E-state index is 0.00222. The normalized spacial score (nSPS) is 12.2. The molecule has 0 N–H and O–H groups in total. The third-order valence-corrected chi connectivity index (χ3v) is 5.32. The van der Waals surface area contributed by atoms with Gasteiger partial charge in [0.15, 0.2) is 6.10 Å². The largest absolute Gasteiger partial charge is 0.422 e. The molecule has 2 aromatic carbocycles. The summed E-state index contributed by atoms with van der Waals surface area (Å²) in [6.45, 7) is 0.501. The van der Waals surface area contributed by atoms with Crippen molar-refractivity contribution in [3.8, 4) is 0 Å². The Labute approximate surface area is 177 Å². The molecule has 1 amide bonds. The predicted octanol–water partition coefficient (Wildman–Crippen LogP) is 3.40. The Hall–Kier alpha value is -3.17. The minimum atomic E-state index is -0.430. The predicted molar refractivity (Wildman–Crippen MR) is 112 cm³/mol. The van der Waals surface area contributed by atoms with Crippen LogP contribution in [0.25, 0.3) is 11.0 Å². The van der Waals surface area contributed by atoms with Crippen molar-refractivity contribution >= 4 is 28.7 Å². The number of rotatable bonds is 8. The monoisotopic (exact) mass is 423 g/mol. The van der Waals surface area contributed by atoms with Gasteiger partial charge in [0, 0.05) is 33.5 Å². The maximum absolute atomic E-state index is 12.5.